The molecule has 1 fully saturated rings. The number of nitrogens with zero attached hydrogens (tertiary/aromatic N) is 1. The van der Waals surface area contributed by atoms with Crippen molar-refractivity contribution in [1.82, 2.24) is 4.90 Å². The molecule has 0 spiro atoms. The predicted molar refractivity (Wildman–Crippen MR) is 97.9 cm³/mol. The minimum Gasteiger partial charge on any atom is -0.444 e. The quantitative estimate of drug-likeness (QED) is 0.814. The molecule has 0 aliphatic carbocycles. The molecule has 1 N–H and O–H groups in total. The number of benzene rings is 1. The van der Waals surface area contributed by atoms with Crippen LogP contribution in [0.2, 0.25) is 0 Å². The van der Waals surface area contributed by atoms with Crippen molar-refractivity contribution in [2.45, 2.75) is 46.1 Å². The number of nitrogens with one attached hydrogen (secondary N) is 1. The molecule has 1 aliphatic rings. The Morgan fingerprint density at radius 3 is 2.87 bits per heavy atom. The first-order valence-electron chi connectivity index (χ1n) is 8.23. The first kappa shape index (κ1) is 18.1. The Hall–Kier alpha value is -1.23. The predicted octanol–water partition coefficient (Wildman–Crippen LogP) is 4.82. The highest BCUT2D eigenvalue weighted by Gasteiger charge is 2.27. The van der Waals surface area contributed by atoms with E-state index in [0.717, 1.165) is 42.6 Å². The van der Waals surface area contributed by atoms with Crippen LogP contribution in [0.5, 0.6) is 0 Å². The summed E-state index contributed by atoms with van der Waals surface area (Å²) in [5.74, 6) is 0.448. The minimum absolute atomic E-state index is 0.195. The number of rotatable bonds is 3. The maximum atomic E-state index is 12.2. The average molecular weight is 383 g/mol. The highest BCUT2D eigenvalue weighted by atomic mass is 79.9. The number of halogens is 1. The van der Waals surface area contributed by atoms with Gasteiger partial charge in [-0.3, -0.25) is 0 Å². The molecule has 0 saturated carbocycles. The molecule has 1 amide bonds. The lowest BCUT2D eigenvalue weighted by Gasteiger charge is -2.34. The normalized spacial score (nSPS) is 18.7. The topological polar surface area (TPSA) is 41.6 Å². The molecule has 1 atom stereocenters. The average Bonchev–Trinajstić information content (AvgIpc) is 2.47. The second kappa shape index (κ2) is 7.56. The lowest BCUT2D eigenvalue weighted by Crippen LogP contribution is -2.44. The van der Waals surface area contributed by atoms with Gasteiger partial charge in [0.2, 0.25) is 0 Å². The van der Waals surface area contributed by atoms with Gasteiger partial charge >= 0.3 is 6.09 Å². The number of hydrogen-bond donors (Lipinski definition) is 1. The Kier molecular flexibility index (Phi) is 5.95. The number of likely N-dealkylation sites (tertiary alicyclic amines) is 1. The number of anilines is 1. The van der Waals surface area contributed by atoms with Crippen LogP contribution in [0.4, 0.5) is 10.5 Å². The van der Waals surface area contributed by atoms with E-state index in [-0.39, 0.29) is 6.09 Å². The highest BCUT2D eigenvalue weighted by molar-refractivity contribution is 9.10. The lowest BCUT2D eigenvalue weighted by molar-refractivity contribution is 0.0172. The summed E-state index contributed by atoms with van der Waals surface area (Å²) in [7, 11) is 0. The van der Waals surface area contributed by atoms with Crippen molar-refractivity contribution in [3.8, 4) is 0 Å². The van der Waals surface area contributed by atoms with Crippen LogP contribution < -0.4 is 5.32 Å². The Morgan fingerprint density at radius 1 is 1.43 bits per heavy atom. The highest BCUT2D eigenvalue weighted by Crippen LogP contribution is 2.27. The summed E-state index contributed by atoms with van der Waals surface area (Å²) in [5.41, 5.74) is 1.89. The van der Waals surface area contributed by atoms with Crippen molar-refractivity contribution in [3.05, 3.63) is 28.2 Å². The molecule has 1 aromatic rings. The summed E-state index contributed by atoms with van der Waals surface area (Å²) in [5, 5.41) is 3.51. The van der Waals surface area contributed by atoms with Crippen molar-refractivity contribution in [2.75, 3.05) is 25.0 Å². The first-order chi connectivity index (χ1) is 10.8. The molecule has 5 heteroatoms. The van der Waals surface area contributed by atoms with Crippen LogP contribution in [0.15, 0.2) is 22.7 Å². The van der Waals surface area contributed by atoms with Crippen LogP contribution in [0.25, 0.3) is 0 Å². The molecule has 23 heavy (non-hydrogen) atoms. The van der Waals surface area contributed by atoms with Gasteiger partial charge in [0.25, 0.3) is 0 Å². The minimum atomic E-state index is -0.436. The second-order valence-corrected chi connectivity index (χ2v) is 8.04. The molecule has 1 saturated heterocycles. The van der Waals surface area contributed by atoms with Gasteiger partial charge in [0.05, 0.1) is 0 Å². The van der Waals surface area contributed by atoms with Crippen LogP contribution in [0.3, 0.4) is 0 Å². The maximum Gasteiger partial charge on any atom is 0.410 e. The van der Waals surface area contributed by atoms with Crippen LogP contribution in [0, 0.1) is 12.8 Å². The summed E-state index contributed by atoms with van der Waals surface area (Å²) in [6, 6.07) is 6.21. The number of carbonyl (C=O) groups excluding carboxylic acids is 1. The van der Waals surface area contributed by atoms with Crippen molar-refractivity contribution in [3.63, 3.8) is 0 Å². The van der Waals surface area contributed by atoms with Gasteiger partial charge in [0, 0.05) is 29.8 Å². The van der Waals surface area contributed by atoms with Crippen molar-refractivity contribution in [2.24, 2.45) is 5.92 Å². The maximum absolute atomic E-state index is 12.2. The second-order valence-electron chi connectivity index (χ2n) is 7.25. The Morgan fingerprint density at radius 2 is 2.17 bits per heavy atom. The monoisotopic (exact) mass is 382 g/mol. The molecule has 1 aliphatic heterocycles. The first-order valence-corrected chi connectivity index (χ1v) is 9.02. The fourth-order valence-electron chi connectivity index (χ4n) is 2.76. The van der Waals surface area contributed by atoms with Crippen molar-refractivity contribution >= 4 is 27.7 Å². The number of amides is 1. The smallest absolute Gasteiger partial charge is 0.410 e. The molecule has 4 nitrogen and oxygen atoms in total. The van der Waals surface area contributed by atoms with Gasteiger partial charge in [-0.1, -0.05) is 12.1 Å². The van der Waals surface area contributed by atoms with E-state index in [1.807, 2.05) is 25.7 Å². The van der Waals surface area contributed by atoms with Gasteiger partial charge in [-0.15, -0.1) is 0 Å². The van der Waals surface area contributed by atoms with Gasteiger partial charge in [0.1, 0.15) is 5.60 Å². The van der Waals surface area contributed by atoms with E-state index in [9.17, 15) is 4.79 Å². The van der Waals surface area contributed by atoms with E-state index in [4.69, 9.17) is 4.74 Å². The summed E-state index contributed by atoms with van der Waals surface area (Å²) < 4.78 is 6.59. The van der Waals surface area contributed by atoms with Crippen LogP contribution >= 0.6 is 15.9 Å². The summed E-state index contributed by atoms with van der Waals surface area (Å²) in [6.45, 7) is 10.2. The Bertz CT molecular complexity index is 554. The molecule has 0 radical (unpaired) electrons. The van der Waals surface area contributed by atoms with Crippen LogP contribution in [-0.4, -0.2) is 36.2 Å². The zero-order valence-corrected chi connectivity index (χ0v) is 16.1. The Labute approximate surface area is 147 Å². The van der Waals surface area contributed by atoms with E-state index in [2.05, 4.69) is 46.4 Å². The van der Waals surface area contributed by atoms with Gasteiger partial charge in [0.15, 0.2) is 0 Å². The van der Waals surface area contributed by atoms with E-state index in [0.29, 0.717) is 5.92 Å². The number of piperidine rings is 1. The molecule has 128 valence electrons. The molecular weight excluding hydrogens is 356 g/mol. The fourth-order valence-corrected chi connectivity index (χ4v) is 3.17. The number of ether oxygens (including phenoxy) is 1. The molecule has 0 aromatic heterocycles. The van der Waals surface area contributed by atoms with E-state index in [1.165, 1.54) is 5.56 Å². The Balaban J connectivity index is 1.89. The number of hydrogen-bond acceptors (Lipinski definition) is 3. The third-order valence-electron chi connectivity index (χ3n) is 3.94. The van der Waals surface area contributed by atoms with E-state index < -0.39 is 5.60 Å². The van der Waals surface area contributed by atoms with Crippen LogP contribution in [-0.2, 0) is 4.74 Å². The molecule has 1 unspecified atom stereocenters. The third-order valence-corrected chi connectivity index (χ3v) is 5.00. The zero-order chi connectivity index (χ0) is 17.0. The van der Waals surface area contributed by atoms with Crippen LogP contribution in [0.1, 0.15) is 39.2 Å². The fraction of sp³-hybridized carbons (Fsp3) is 0.611. The summed E-state index contributed by atoms with van der Waals surface area (Å²) in [6.07, 6.45) is 1.97. The van der Waals surface area contributed by atoms with Gasteiger partial charge < -0.3 is 15.0 Å². The van der Waals surface area contributed by atoms with Crippen molar-refractivity contribution < 1.29 is 9.53 Å². The number of aryl methyl sites for hydroxylation is 1. The number of carbonyl (C=O) groups is 1. The molecular formula is C18H27BrN2O2. The van der Waals surface area contributed by atoms with Gasteiger partial charge in [-0.05, 0) is 74.0 Å². The SMILES string of the molecule is Cc1cccc(NCC2CCCN(C(=O)OC(C)(C)C)C2)c1Br. The lowest BCUT2D eigenvalue weighted by atomic mass is 9.98. The van der Waals surface area contributed by atoms with Gasteiger partial charge in [-0.2, -0.15) is 0 Å². The largest absolute Gasteiger partial charge is 0.444 e. The standard InChI is InChI=1S/C18H27BrN2O2/c1-13-7-5-9-15(16(13)19)20-11-14-8-6-10-21(12-14)17(22)23-18(2,3)4/h5,7,9,14,20H,6,8,10-12H2,1-4H3. The third kappa shape index (κ3) is 5.41. The summed E-state index contributed by atoms with van der Waals surface area (Å²) in [4.78, 5) is 14.0. The van der Waals surface area contributed by atoms with Crippen molar-refractivity contribution in [1.29, 1.82) is 0 Å². The van der Waals surface area contributed by atoms with Gasteiger partial charge in [-0.25, -0.2) is 4.79 Å². The van der Waals surface area contributed by atoms with E-state index >= 15 is 0 Å². The molecule has 1 heterocycles. The van der Waals surface area contributed by atoms with E-state index in [1.54, 1.807) is 0 Å². The summed E-state index contributed by atoms with van der Waals surface area (Å²) >= 11 is 3.63. The molecule has 1 aromatic carbocycles. The zero-order valence-electron chi connectivity index (χ0n) is 14.5. The molecule has 2 rings (SSSR count). The molecule has 0 bridgehead atoms.